The monoisotopic (exact) mass is 252 g/mol. The van der Waals surface area contributed by atoms with E-state index >= 15 is 0 Å². The predicted octanol–water partition coefficient (Wildman–Crippen LogP) is -0.433. The number of carbonyl (C=O) groups is 4. The highest BCUT2D eigenvalue weighted by Crippen LogP contribution is 2.12. The third-order valence-electron chi connectivity index (χ3n) is 2.70. The van der Waals surface area contributed by atoms with Crippen molar-refractivity contribution in [2.45, 2.75) is 32.2 Å². The van der Waals surface area contributed by atoms with Gasteiger partial charge in [0.15, 0.2) is 5.78 Å². The van der Waals surface area contributed by atoms with E-state index in [4.69, 9.17) is 5.73 Å². The number of nitrogens with zero attached hydrogens (tertiary/aromatic N) is 1. The Bertz CT molecular complexity index is 396. The summed E-state index contributed by atoms with van der Waals surface area (Å²) in [6.07, 6.45) is 3.09. The van der Waals surface area contributed by atoms with Crippen molar-refractivity contribution in [3.05, 3.63) is 12.2 Å². The quantitative estimate of drug-likeness (QED) is 0.620. The second kappa shape index (κ2) is 6.20. The Morgan fingerprint density at radius 3 is 2.22 bits per heavy atom. The van der Waals surface area contributed by atoms with Gasteiger partial charge in [-0.1, -0.05) is 0 Å². The zero-order chi connectivity index (χ0) is 13.7. The molecule has 6 heteroatoms. The Hall–Kier alpha value is -1.82. The maximum Gasteiger partial charge on any atom is 0.254 e. The Morgan fingerprint density at radius 1 is 1.22 bits per heavy atom. The van der Waals surface area contributed by atoms with Crippen molar-refractivity contribution < 1.29 is 19.2 Å². The summed E-state index contributed by atoms with van der Waals surface area (Å²) < 4.78 is 0. The van der Waals surface area contributed by atoms with Crippen LogP contribution in [0.3, 0.4) is 0 Å². The fourth-order valence-electron chi connectivity index (χ4n) is 1.78. The average molecular weight is 252 g/mol. The van der Waals surface area contributed by atoms with Crippen molar-refractivity contribution in [3.8, 4) is 0 Å². The molecule has 0 spiro atoms. The molecule has 2 amide bonds. The fraction of sp³-hybridized carbons (Fsp3) is 0.500. The first-order valence-electron chi connectivity index (χ1n) is 5.74. The highest BCUT2D eigenvalue weighted by atomic mass is 16.2. The minimum atomic E-state index is -0.924. The van der Waals surface area contributed by atoms with Crippen molar-refractivity contribution in [1.29, 1.82) is 0 Å². The molecular formula is C12H16N2O4. The van der Waals surface area contributed by atoms with Crippen LogP contribution in [0.2, 0.25) is 0 Å². The molecule has 0 saturated heterocycles. The van der Waals surface area contributed by atoms with Crippen molar-refractivity contribution in [1.82, 2.24) is 4.90 Å². The molecule has 6 nitrogen and oxygen atoms in total. The van der Waals surface area contributed by atoms with Gasteiger partial charge in [-0.2, -0.15) is 0 Å². The van der Waals surface area contributed by atoms with Gasteiger partial charge in [0.25, 0.3) is 11.8 Å². The minimum absolute atomic E-state index is 0.00194. The highest BCUT2D eigenvalue weighted by molar-refractivity contribution is 6.15. The number of nitrogens with two attached hydrogens (primary N) is 1. The molecule has 0 aromatic carbocycles. The van der Waals surface area contributed by atoms with Gasteiger partial charge in [0, 0.05) is 31.5 Å². The Kier molecular flexibility index (Phi) is 4.91. The van der Waals surface area contributed by atoms with Crippen LogP contribution in [0.25, 0.3) is 0 Å². The van der Waals surface area contributed by atoms with E-state index in [9.17, 15) is 19.2 Å². The Balaban J connectivity index is 2.60. The van der Waals surface area contributed by atoms with E-state index in [0.29, 0.717) is 12.8 Å². The van der Waals surface area contributed by atoms with E-state index in [1.165, 1.54) is 6.92 Å². The summed E-state index contributed by atoms with van der Waals surface area (Å²) in [7, 11) is 0. The minimum Gasteiger partial charge on any atom is -0.328 e. The summed E-state index contributed by atoms with van der Waals surface area (Å²) >= 11 is 0. The van der Waals surface area contributed by atoms with Gasteiger partial charge in [0.2, 0.25) is 0 Å². The lowest BCUT2D eigenvalue weighted by Gasteiger charge is -2.23. The maximum absolute atomic E-state index is 11.9. The smallest absolute Gasteiger partial charge is 0.254 e. The molecule has 2 N–H and O–H groups in total. The molecule has 0 bridgehead atoms. The number of ketones is 2. The predicted molar refractivity (Wildman–Crippen MR) is 63.4 cm³/mol. The molecule has 0 aliphatic carbocycles. The van der Waals surface area contributed by atoms with Crippen LogP contribution < -0.4 is 5.73 Å². The Morgan fingerprint density at radius 2 is 1.78 bits per heavy atom. The van der Waals surface area contributed by atoms with E-state index in [2.05, 4.69) is 0 Å². The molecule has 1 heterocycles. The number of Topliss-reactive ketones (excluding diaryl/α,β-unsaturated/α-hetero) is 2. The van der Waals surface area contributed by atoms with Crippen LogP contribution in [0, 0.1) is 0 Å². The van der Waals surface area contributed by atoms with Crippen LogP contribution in [0.1, 0.15) is 26.2 Å². The van der Waals surface area contributed by atoms with Crippen LogP contribution in [-0.4, -0.2) is 40.9 Å². The molecule has 0 aromatic rings. The normalized spacial score (nSPS) is 16.2. The summed E-state index contributed by atoms with van der Waals surface area (Å²) in [4.78, 5) is 46.4. The number of carbonyl (C=O) groups excluding carboxylic acids is 4. The topological polar surface area (TPSA) is 97.5 Å². The molecule has 1 atom stereocenters. The second-order valence-electron chi connectivity index (χ2n) is 4.15. The molecule has 0 radical (unpaired) electrons. The molecule has 1 rings (SSSR count). The molecule has 1 unspecified atom stereocenters. The van der Waals surface area contributed by atoms with E-state index in [0.717, 1.165) is 17.1 Å². The third kappa shape index (κ3) is 3.33. The van der Waals surface area contributed by atoms with Crippen LogP contribution in [0.4, 0.5) is 0 Å². The van der Waals surface area contributed by atoms with Crippen LogP contribution in [0.5, 0.6) is 0 Å². The number of imide groups is 1. The summed E-state index contributed by atoms with van der Waals surface area (Å²) in [5, 5.41) is 0. The second-order valence-corrected chi connectivity index (χ2v) is 4.15. The van der Waals surface area contributed by atoms with Gasteiger partial charge in [-0.05, 0) is 13.3 Å². The number of amides is 2. The van der Waals surface area contributed by atoms with Crippen LogP contribution >= 0.6 is 0 Å². The standard InChI is InChI=1S/C12H16N2O4/c1-8(15)3-2-4-10(16)9(7-13)14-11(17)5-6-12(14)18/h5-6,9H,2-4,7,13H2,1H3. The first-order chi connectivity index (χ1) is 8.47. The zero-order valence-corrected chi connectivity index (χ0v) is 10.2. The van der Waals surface area contributed by atoms with Crippen LogP contribution in [-0.2, 0) is 19.2 Å². The van der Waals surface area contributed by atoms with Crippen LogP contribution in [0.15, 0.2) is 12.2 Å². The van der Waals surface area contributed by atoms with Gasteiger partial charge in [0.05, 0.1) is 0 Å². The fourth-order valence-corrected chi connectivity index (χ4v) is 1.78. The SMILES string of the molecule is CC(=O)CCCC(=O)C(CN)N1C(=O)C=CC1=O. The van der Waals surface area contributed by atoms with E-state index in [-0.39, 0.29) is 24.5 Å². The molecule has 1 aliphatic heterocycles. The number of rotatable bonds is 7. The van der Waals surface area contributed by atoms with E-state index in [1.54, 1.807) is 0 Å². The summed E-state index contributed by atoms with van der Waals surface area (Å²) in [6, 6.07) is -0.924. The van der Waals surface area contributed by atoms with Gasteiger partial charge >= 0.3 is 0 Å². The molecule has 1 aliphatic rings. The lowest BCUT2D eigenvalue weighted by atomic mass is 10.0. The van der Waals surface area contributed by atoms with Crippen molar-refractivity contribution in [3.63, 3.8) is 0 Å². The summed E-state index contributed by atoms with van der Waals surface area (Å²) in [5.41, 5.74) is 5.45. The molecule has 0 fully saturated rings. The zero-order valence-electron chi connectivity index (χ0n) is 10.2. The van der Waals surface area contributed by atoms with E-state index < -0.39 is 17.9 Å². The van der Waals surface area contributed by atoms with Crippen molar-refractivity contribution in [2.24, 2.45) is 5.73 Å². The highest BCUT2D eigenvalue weighted by Gasteiger charge is 2.34. The molecular weight excluding hydrogens is 236 g/mol. The first-order valence-corrected chi connectivity index (χ1v) is 5.74. The first kappa shape index (κ1) is 14.2. The van der Waals surface area contributed by atoms with Gasteiger partial charge in [-0.3, -0.25) is 19.3 Å². The van der Waals surface area contributed by atoms with Gasteiger partial charge in [-0.25, -0.2) is 0 Å². The lowest BCUT2D eigenvalue weighted by Crippen LogP contribution is -2.49. The maximum atomic E-state index is 11.9. The van der Waals surface area contributed by atoms with Gasteiger partial charge < -0.3 is 10.5 Å². The summed E-state index contributed by atoms with van der Waals surface area (Å²) in [5.74, 6) is -1.32. The lowest BCUT2D eigenvalue weighted by molar-refractivity contribution is -0.144. The van der Waals surface area contributed by atoms with E-state index in [1.807, 2.05) is 0 Å². The van der Waals surface area contributed by atoms with Crippen molar-refractivity contribution >= 4 is 23.4 Å². The average Bonchev–Trinajstić information content (AvgIpc) is 2.61. The third-order valence-corrected chi connectivity index (χ3v) is 2.70. The number of hydrogen-bond donors (Lipinski definition) is 1. The molecule has 0 saturated carbocycles. The molecule has 18 heavy (non-hydrogen) atoms. The van der Waals surface area contributed by atoms with Gasteiger partial charge in [0.1, 0.15) is 11.8 Å². The molecule has 98 valence electrons. The largest absolute Gasteiger partial charge is 0.328 e. The van der Waals surface area contributed by atoms with Gasteiger partial charge in [-0.15, -0.1) is 0 Å². The molecule has 0 aromatic heterocycles. The number of hydrogen-bond acceptors (Lipinski definition) is 5. The summed E-state index contributed by atoms with van der Waals surface area (Å²) in [6.45, 7) is 1.35. The van der Waals surface area contributed by atoms with Crippen molar-refractivity contribution in [2.75, 3.05) is 6.54 Å². The Labute approximate surface area is 105 Å².